The monoisotopic (exact) mass is 337 g/mol. The maximum Gasteiger partial charge on any atom is 0.433 e. The molecule has 24 heavy (non-hydrogen) atoms. The van der Waals surface area contributed by atoms with Crippen molar-refractivity contribution in [1.82, 2.24) is 19.9 Å². The number of aromatic nitrogens is 3. The number of hydrogen-bond acceptors (Lipinski definition) is 5. The number of amides is 1. The lowest BCUT2D eigenvalue weighted by molar-refractivity contribution is -0.141. The van der Waals surface area contributed by atoms with Crippen molar-refractivity contribution in [2.45, 2.75) is 18.6 Å². The molecule has 0 aliphatic carbocycles. The molecule has 0 radical (unpaired) electrons. The molecule has 0 bridgehead atoms. The van der Waals surface area contributed by atoms with Gasteiger partial charge in [-0.05, 0) is 18.6 Å². The van der Waals surface area contributed by atoms with Crippen molar-refractivity contribution in [3.05, 3.63) is 36.2 Å². The van der Waals surface area contributed by atoms with Crippen LogP contribution in [0.5, 0.6) is 0 Å². The minimum atomic E-state index is -4.63. The van der Waals surface area contributed by atoms with Gasteiger partial charge in [-0.15, -0.1) is 0 Å². The van der Waals surface area contributed by atoms with Crippen LogP contribution in [-0.4, -0.2) is 45.4 Å². The van der Waals surface area contributed by atoms with E-state index in [9.17, 15) is 18.0 Å². The second-order valence-corrected chi connectivity index (χ2v) is 5.42. The number of carbonyl (C=O) groups is 1. The highest BCUT2D eigenvalue weighted by Gasteiger charge is 2.35. The second-order valence-electron chi connectivity index (χ2n) is 5.42. The number of nitrogens with zero attached hydrogens (tertiary/aromatic N) is 4. The Morgan fingerprint density at radius 2 is 2.08 bits per heavy atom. The third-order valence-electron chi connectivity index (χ3n) is 3.66. The number of alkyl halides is 3. The third-order valence-corrected chi connectivity index (χ3v) is 3.66. The standard InChI is InChI=1S/C15H14F3N5O/c1-23-7-5-10(14(23)24)20-12-8-11(15(16,17)18)21-13(22-12)9-4-2-3-6-19-9/h2-4,6,8,10H,5,7H2,1H3,(H,20,21,22). The topological polar surface area (TPSA) is 71.0 Å². The van der Waals surface area contributed by atoms with Crippen molar-refractivity contribution in [2.24, 2.45) is 0 Å². The number of rotatable bonds is 3. The quantitative estimate of drug-likeness (QED) is 0.930. The van der Waals surface area contributed by atoms with Gasteiger partial charge in [0.15, 0.2) is 11.5 Å². The molecular formula is C15H14F3N5O. The fourth-order valence-corrected chi connectivity index (χ4v) is 2.41. The van der Waals surface area contributed by atoms with Gasteiger partial charge in [0.25, 0.3) is 0 Å². The summed E-state index contributed by atoms with van der Waals surface area (Å²) < 4.78 is 39.3. The van der Waals surface area contributed by atoms with E-state index >= 15 is 0 Å². The van der Waals surface area contributed by atoms with Crippen LogP contribution < -0.4 is 5.32 Å². The molecular weight excluding hydrogens is 323 g/mol. The smallest absolute Gasteiger partial charge is 0.358 e. The van der Waals surface area contributed by atoms with Gasteiger partial charge in [-0.25, -0.2) is 9.97 Å². The lowest BCUT2D eigenvalue weighted by atomic mass is 10.2. The van der Waals surface area contributed by atoms with E-state index in [1.54, 1.807) is 19.2 Å². The molecule has 126 valence electrons. The molecule has 3 rings (SSSR count). The summed E-state index contributed by atoms with van der Waals surface area (Å²) in [5, 5.41) is 2.77. The Kier molecular flexibility index (Phi) is 4.08. The van der Waals surface area contributed by atoms with Gasteiger partial charge in [-0.2, -0.15) is 13.2 Å². The van der Waals surface area contributed by atoms with Gasteiger partial charge < -0.3 is 10.2 Å². The van der Waals surface area contributed by atoms with Gasteiger partial charge in [0, 0.05) is 25.9 Å². The number of carbonyl (C=O) groups excluding carboxylic acids is 1. The normalized spacial score (nSPS) is 18.1. The zero-order valence-electron chi connectivity index (χ0n) is 12.7. The number of nitrogens with one attached hydrogen (secondary N) is 1. The van der Waals surface area contributed by atoms with Crippen LogP contribution in [0.1, 0.15) is 12.1 Å². The molecule has 1 saturated heterocycles. The van der Waals surface area contributed by atoms with Crippen LogP contribution in [-0.2, 0) is 11.0 Å². The zero-order valence-corrected chi connectivity index (χ0v) is 12.7. The Morgan fingerprint density at radius 3 is 2.67 bits per heavy atom. The van der Waals surface area contributed by atoms with Gasteiger partial charge in [0.05, 0.1) is 0 Å². The molecule has 1 atom stereocenters. The molecule has 1 N–H and O–H groups in total. The van der Waals surface area contributed by atoms with Crippen LogP contribution in [0, 0.1) is 0 Å². The first-order chi connectivity index (χ1) is 11.3. The summed E-state index contributed by atoms with van der Waals surface area (Å²) >= 11 is 0. The largest absolute Gasteiger partial charge is 0.433 e. The average Bonchev–Trinajstić information content (AvgIpc) is 2.87. The van der Waals surface area contributed by atoms with E-state index in [1.807, 2.05) is 0 Å². The van der Waals surface area contributed by atoms with Gasteiger partial charge in [-0.1, -0.05) is 6.07 Å². The molecule has 1 amide bonds. The molecule has 0 saturated carbocycles. The summed E-state index contributed by atoms with van der Waals surface area (Å²) in [5.41, 5.74) is -0.860. The molecule has 2 aromatic heterocycles. The van der Waals surface area contributed by atoms with Crippen LogP contribution in [0.2, 0.25) is 0 Å². The highest BCUT2D eigenvalue weighted by molar-refractivity contribution is 5.86. The molecule has 9 heteroatoms. The van der Waals surface area contributed by atoms with E-state index in [2.05, 4.69) is 20.3 Å². The van der Waals surface area contributed by atoms with Crippen LogP contribution in [0.15, 0.2) is 30.5 Å². The van der Waals surface area contributed by atoms with Crippen molar-refractivity contribution < 1.29 is 18.0 Å². The van der Waals surface area contributed by atoms with Gasteiger partial charge in [0.2, 0.25) is 5.91 Å². The highest BCUT2D eigenvalue weighted by atomic mass is 19.4. The molecule has 1 aliphatic heterocycles. The number of anilines is 1. The zero-order chi connectivity index (χ0) is 17.3. The van der Waals surface area contributed by atoms with E-state index in [-0.39, 0.29) is 23.2 Å². The summed E-state index contributed by atoms with van der Waals surface area (Å²) in [6.07, 6.45) is -2.68. The summed E-state index contributed by atoms with van der Waals surface area (Å²) in [5.74, 6) is -0.375. The Balaban J connectivity index is 1.98. The maximum absolute atomic E-state index is 13.1. The first kappa shape index (κ1) is 16.2. The van der Waals surface area contributed by atoms with Crippen molar-refractivity contribution in [3.8, 4) is 11.5 Å². The molecule has 1 unspecified atom stereocenters. The van der Waals surface area contributed by atoms with Crippen molar-refractivity contribution in [1.29, 1.82) is 0 Å². The first-order valence-electron chi connectivity index (χ1n) is 7.24. The predicted molar refractivity (Wildman–Crippen MR) is 79.9 cm³/mol. The Labute approximate surface area is 135 Å². The van der Waals surface area contributed by atoms with Gasteiger partial charge in [0.1, 0.15) is 17.6 Å². The number of likely N-dealkylation sites (tertiary alicyclic amines) is 1. The highest BCUT2D eigenvalue weighted by Crippen LogP contribution is 2.30. The number of hydrogen-bond donors (Lipinski definition) is 1. The Hall–Kier alpha value is -2.71. The number of pyridine rings is 1. The van der Waals surface area contributed by atoms with E-state index in [4.69, 9.17) is 0 Å². The van der Waals surface area contributed by atoms with E-state index < -0.39 is 17.9 Å². The van der Waals surface area contributed by atoms with Crippen LogP contribution in [0.4, 0.5) is 19.0 Å². The number of halogens is 3. The number of likely N-dealkylation sites (N-methyl/N-ethyl adjacent to an activating group) is 1. The summed E-state index contributed by atoms with van der Waals surface area (Å²) in [4.78, 5) is 25.1. The Bertz CT molecular complexity index is 751. The van der Waals surface area contributed by atoms with Crippen molar-refractivity contribution in [3.63, 3.8) is 0 Å². The van der Waals surface area contributed by atoms with Crippen LogP contribution >= 0.6 is 0 Å². The molecule has 0 spiro atoms. The maximum atomic E-state index is 13.1. The summed E-state index contributed by atoms with van der Waals surface area (Å²) in [7, 11) is 1.64. The predicted octanol–water partition coefficient (Wildman–Crippen LogP) is 2.20. The van der Waals surface area contributed by atoms with Crippen LogP contribution in [0.3, 0.4) is 0 Å². The Morgan fingerprint density at radius 1 is 1.29 bits per heavy atom. The van der Waals surface area contributed by atoms with E-state index in [1.165, 1.54) is 17.2 Å². The molecule has 2 aromatic rings. The molecule has 6 nitrogen and oxygen atoms in total. The minimum absolute atomic E-state index is 0.0494. The van der Waals surface area contributed by atoms with Gasteiger partial charge in [-0.3, -0.25) is 9.78 Å². The first-order valence-corrected chi connectivity index (χ1v) is 7.24. The fourth-order valence-electron chi connectivity index (χ4n) is 2.41. The van der Waals surface area contributed by atoms with E-state index in [0.717, 1.165) is 6.07 Å². The molecule has 1 aliphatic rings. The van der Waals surface area contributed by atoms with Crippen molar-refractivity contribution in [2.75, 3.05) is 18.9 Å². The second kappa shape index (κ2) is 6.06. The van der Waals surface area contributed by atoms with E-state index in [0.29, 0.717) is 13.0 Å². The third kappa shape index (κ3) is 3.29. The molecule has 0 aromatic carbocycles. The summed E-state index contributed by atoms with van der Waals surface area (Å²) in [6.45, 7) is 0.542. The molecule has 3 heterocycles. The fraction of sp³-hybridized carbons (Fsp3) is 0.333. The van der Waals surface area contributed by atoms with Crippen LogP contribution in [0.25, 0.3) is 11.5 Å². The average molecular weight is 337 g/mol. The molecule has 1 fully saturated rings. The van der Waals surface area contributed by atoms with Gasteiger partial charge >= 0.3 is 6.18 Å². The van der Waals surface area contributed by atoms with Crippen molar-refractivity contribution >= 4 is 11.7 Å². The minimum Gasteiger partial charge on any atom is -0.358 e. The SMILES string of the molecule is CN1CCC(Nc2cc(C(F)(F)F)nc(-c3ccccn3)n2)C1=O. The lowest BCUT2D eigenvalue weighted by Crippen LogP contribution is -2.31. The summed E-state index contributed by atoms with van der Waals surface area (Å²) in [6, 6.07) is 5.01. The lowest BCUT2D eigenvalue weighted by Gasteiger charge is -2.15.